The molecule has 0 heterocycles. The summed E-state index contributed by atoms with van der Waals surface area (Å²) in [7, 11) is 0.537. The number of hydrogen-bond donors (Lipinski definition) is 1. The van der Waals surface area contributed by atoms with Crippen LogP contribution >= 0.6 is 22.4 Å². The molecule has 1 aromatic carbocycles. The fourth-order valence-corrected chi connectivity index (χ4v) is 2.69. The number of halogens is 4. The maximum absolute atomic E-state index is 12.2. The van der Waals surface area contributed by atoms with Crippen molar-refractivity contribution in [1.82, 2.24) is 0 Å². The molecule has 1 rings (SSSR count). The fourth-order valence-electron chi connectivity index (χ4n) is 1.04. The second-order valence-electron chi connectivity index (χ2n) is 2.91. The van der Waals surface area contributed by atoms with Crippen LogP contribution in [0.3, 0.4) is 0 Å². The molecule has 0 atom stereocenters. The molecule has 1 aromatic rings. The number of nitriles is 1. The number of thioether (sulfide) groups is 1. The van der Waals surface area contributed by atoms with E-state index in [1.165, 1.54) is 6.07 Å². The Morgan fingerprint density at radius 3 is 2.33 bits per heavy atom. The lowest BCUT2D eigenvalue weighted by atomic mass is 10.2. The third-order valence-electron chi connectivity index (χ3n) is 1.67. The Kier molecular flexibility index (Phi) is 4.05. The summed E-state index contributed by atoms with van der Waals surface area (Å²) in [6, 6.07) is 2.54. The van der Waals surface area contributed by atoms with Gasteiger partial charge in [0.2, 0.25) is 0 Å². The predicted octanol–water partition coefficient (Wildman–Crippen LogP) is 2.80. The van der Waals surface area contributed by atoms with Gasteiger partial charge in [-0.15, -0.1) is 0 Å². The summed E-state index contributed by atoms with van der Waals surface area (Å²) in [6.07, 6.45) is 0. The van der Waals surface area contributed by atoms with Gasteiger partial charge in [0, 0.05) is 21.6 Å². The molecule has 0 spiro atoms. The van der Waals surface area contributed by atoms with Gasteiger partial charge in [-0.3, -0.25) is 0 Å². The van der Waals surface area contributed by atoms with Crippen molar-refractivity contribution in [2.75, 3.05) is 0 Å². The molecule has 0 saturated heterocycles. The Morgan fingerprint density at radius 2 is 1.94 bits per heavy atom. The van der Waals surface area contributed by atoms with Gasteiger partial charge >= 0.3 is 5.51 Å². The third kappa shape index (κ3) is 3.69. The Hall–Kier alpha value is -1.11. The van der Waals surface area contributed by atoms with E-state index in [0.717, 1.165) is 0 Å². The monoisotopic (exact) mass is 317 g/mol. The van der Waals surface area contributed by atoms with E-state index < -0.39 is 47.4 Å². The van der Waals surface area contributed by atoms with Gasteiger partial charge in [0.1, 0.15) is 16.7 Å². The second kappa shape index (κ2) is 4.87. The molecule has 10 heteroatoms. The number of phenols is 1. The Balaban J connectivity index is 3.47. The quantitative estimate of drug-likeness (QED) is 0.670. The molecule has 0 radical (unpaired) electrons. The lowest BCUT2D eigenvalue weighted by Gasteiger charge is -2.09. The van der Waals surface area contributed by atoms with E-state index in [2.05, 4.69) is 0 Å². The van der Waals surface area contributed by atoms with Crippen LogP contribution < -0.4 is 0 Å². The summed E-state index contributed by atoms with van der Waals surface area (Å²) in [5, 5.41) is 17.9. The first-order valence-electron chi connectivity index (χ1n) is 4.02. The van der Waals surface area contributed by atoms with Crippen LogP contribution in [0.15, 0.2) is 21.9 Å². The van der Waals surface area contributed by atoms with Gasteiger partial charge in [0.05, 0.1) is 5.56 Å². The van der Waals surface area contributed by atoms with Crippen molar-refractivity contribution in [2.45, 2.75) is 15.3 Å². The zero-order chi connectivity index (χ0) is 14.1. The number of rotatable bonds is 2. The lowest BCUT2D eigenvalue weighted by Crippen LogP contribution is -2.02. The highest BCUT2D eigenvalue weighted by molar-refractivity contribution is 8.13. The normalized spacial score (nSPS) is 12.2. The van der Waals surface area contributed by atoms with Gasteiger partial charge in [-0.2, -0.15) is 18.4 Å². The second-order valence-corrected chi connectivity index (χ2v) is 6.55. The summed E-state index contributed by atoms with van der Waals surface area (Å²) < 4.78 is 58.6. The summed E-state index contributed by atoms with van der Waals surface area (Å²) in [4.78, 5) is -1.53. The highest BCUT2D eigenvalue weighted by Crippen LogP contribution is 2.41. The van der Waals surface area contributed by atoms with Crippen LogP contribution in [-0.2, 0) is 9.05 Å². The Labute approximate surface area is 108 Å². The highest BCUT2D eigenvalue weighted by Gasteiger charge is 2.32. The van der Waals surface area contributed by atoms with E-state index in [-0.39, 0.29) is 0 Å². The topological polar surface area (TPSA) is 78.2 Å². The molecule has 0 saturated carbocycles. The van der Waals surface area contributed by atoms with Crippen molar-refractivity contribution in [3.05, 3.63) is 17.7 Å². The molecule has 0 amide bonds. The molecule has 0 aliphatic rings. The smallest absolute Gasteiger partial charge is 0.446 e. The largest absolute Gasteiger partial charge is 0.506 e. The van der Waals surface area contributed by atoms with Crippen molar-refractivity contribution in [2.24, 2.45) is 0 Å². The average Bonchev–Trinajstić information content (AvgIpc) is 2.16. The minimum absolute atomic E-state index is 0.501. The van der Waals surface area contributed by atoms with Crippen molar-refractivity contribution < 1.29 is 26.7 Å². The molecule has 18 heavy (non-hydrogen) atoms. The van der Waals surface area contributed by atoms with Crippen LogP contribution in [0.5, 0.6) is 5.75 Å². The number of alkyl halides is 3. The molecule has 0 fully saturated rings. The summed E-state index contributed by atoms with van der Waals surface area (Å²) >= 11 is -0.666. The summed E-state index contributed by atoms with van der Waals surface area (Å²) in [5.41, 5.74) is -5.20. The van der Waals surface area contributed by atoms with Gasteiger partial charge < -0.3 is 5.11 Å². The van der Waals surface area contributed by atoms with Crippen LogP contribution in [-0.4, -0.2) is 19.0 Å². The first-order valence-corrected chi connectivity index (χ1v) is 7.14. The van der Waals surface area contributed by atoms with Crippen LogP contribution in [0, 0.1) is 11.3 Å². The first-order chi connectivity index (χ1) is 8.04. The molecule has 4 nitrogen and oxygen atoms in total. The Morgan fingerprint density at radius 1 is 1.39 bits per heavy atom. The standard InChI is InChI=1S/C8H3ClF3NO3S2/c9-18(15,16)7-2-6(17-8(10,11)12)4(3-13)1-5(7)14/h1-2,14H. The Bertz CT molecular complexity index is 622. The van der Waals surface area contributed by atoms with Crippen LogP contribution in [0.4, 0.5) is 13.2 Å². The van der Waals surface area contributed by atoms with Crippen molar-refractivity contribution in [3.8, 4) is 11.8 Å². The molecule has 0 bridgehead atoms. The molecule has 98 valence electrons. The molecule has 1 N–H and O–H groups in total. The van der Waals surface area contributed by atoms with Crippen molar-refractivity contribution in [3.63, 3.8) is 0 Å². The lowest BCUT2D eigenvalue weighted by molar-refractivity contribution is -0.0328. The highest BCUT2D eigenvalue weighted by atomic mass is 35.7. The van der Waals surface area contributed by atoms with Crippen molar-refractivity contribution in [1.29, 1.82) is 5.26 Å². The van der Waals surface area contributed by atoms with Crippen molar-refractivity contribution >= 4 is 31.5 Å². The number of phenolic OH excluding ortho intramolecular Hbond substituents is 1. The number of nitrogens with zero attached hydrogens (tertiary/aromatic N) is 1. The van der Waals surface area contributed by atoms with Gasteiger partial charge in [0.25, 0.3) is 9.05 Å². The van der Waals surface area contributed by atoms with Gasteiger partial charge in [-0.05, 0) is 17.8 Å². The maximum Gasteiger partial charge on any atom is 0.446 e. The molecule has 0 aliphatic carbocycles. The zero-order valence-corrected chi connectivity index (χ0v) is 10.6. The fraction of sp³-hybridized carbons (Fsp3) is 0.125. The van der Waals surface area contributed by atoms with E-state index >= 15 is 0 Å². The molecule has 0 aromatic heterocycles. The van der Waals surface area contributed by atoms with Gasteiger partial charge in [-0.1, -0.05) is 0 Å². The maximum atomic E-state index is 12.2. The van der Waals surface area contributed by atoms with Gasteiger partial charge in [0.15, 0.2) is 0 Å². The summed E-state index contributed by atoms with van der Waals surface area (Å²) in [6.45, 7) is 0. The molecular weight excluding hydrogens is 315 g/mol. The SMILES string of the molecule is N#Cc1cc(O)c(S(=O)(=O)Cl)cc1SC(F)(F)F. The average molecular weight is 318 g/mol. The minimum Gasteiger partial charge on any atom is -0.506 e. The number of hydrogen-bond acceptors (Lipinski definition) is 5. The van der Waals surface area contributed by atoms with E-state index in [1.807, 2.05) is 0 Å². The van der Waals surface area contributed by atoms with E-state index in [1.54, 1.807) is 0 Å². The zero-order valence-electron chi connectivity index (χ0n) is 8.19. The molecular formula is C8H3ClF3NO3S2. The van der Waals surface area contributed by atoms with Crippen LogP contribution in [0.1, 0.15) is 5.56 Å². The molecule has 0 aliphatic heterocycles. The van der Waals surface area contributed by atoms with Crippen LogP contribution in [0.2, 0.25) is 0 Å². The van der Waals surface area contributed by atoms with Crippen LogP contribution in [0.25, 0.3) is 0 Å². The van der Waals surface area contributed by atoms with E-state index in [0.29, 0.717) is 12.1 Å². The van der Waals surface area contributed by atoms with E-state index in [9.17, 15) is 26.7 Å². The molecule has 0 unspecified atom stereocenters. The summed E-state index contributed by atoms with van der Waals surface area (Å²) in [5.74, 6) is -0.881. The van der Waals surface area contributed by atoms with Gasteiger partial charge in [-0.25, -0.2) is 8.42 Å². The minimum atomic E-state index is -4.70. The number of aromatic hydroxyl groups is 1. The van der Waals surface area contributed by atoms with E-state index in [4.69, 9.17) is 15.9 Å². The third-order valence-corrected chi connectivity index (χ3v) is 3.81. The predicted molar refractivity (Wildman–Crippen MR) is 57.8 cm³/mol. The number of benzene rings is 1. The first kappa shape index (κ1) is 14.9.